The van der Waals surface area contributed by atoms with E-state index in [9.17, 15) is 9.59 Å². The molecular formula is C20H22N2O4. The van der Waals surface area contributed by atoms with E-state index >= 15 is 0 Å². The van der Waals surface area contributed by atoms with Gasteiger partial charge >= 0.3 is 12.1 Å². The Morgan fingerprint density at radius 1 is 1.15 bits per heavy atom. The zero-order valence-corrected chi connectivity index (χ0v) is 15.6. The SMILES string of the molecule is CCc1nc(OC(C)=O)cc2c3ccccc3n(C(=O)OC(C)(C)C)c12. The molecule has 0 aliphatic carbocycles. The minimum Gasteiger partial charge on any atom is -0.443 e. The smallest absolute Gasteiger partial charge is 0.419 e. The summed E-state index contributed by atoms with van der Waals surface area (Å²) >= 11 is 0. The van der Waals surface area contributed by atoms with Crippen molar-refractivity contribution in [2.24, 2.45) is 0 Å². The summed E-state index contributed by atoms with van der Waals surface area (Å²) in [6.07, 6.45) is 0.116. The van der Waals surface area contributed by atoms with Crippen molar-refractivity contribution < 1.29 is 19.1 Å². The molecule has 0 unspecified atom stereocenters. The summed E-state index contributed by atoms with van der Waals surface area (Å²) in [6.45, 7) is 8.77. The second-order valence-electron chi connectivity index (χ2n) is 7.08. The van der Waals surface area contributed by atoms with Gasteiger partial charge in [-0.15, -0.1) is 0 Å². The average Bonchev–Trinajstić information content (AvgIpc) is 2.86. The predicted molar refractivity (Wildman–Crippen MR) is 99.6 cm³/mol. The molecule has 6 nitrogen and oxygen atoms in total. The van der Waals surface area contributed by atoms with E-state index < -0.39 is 17.7 Å². The number of hydrogen-bond donors (Lipinski definition) is 0. The van der Waals surface area contributed by atoms with Crippen LogP contribution in [0.25, 0.3) is 21.8 Å². The predicted octanol–water partition coefficient (Wildman–Crippen LogP) is 4.46. The van der Waals surface area contributed by atoms with Crippen LogP contribution in [0, 0.1) is 0 Å². The number of benzene rings is 1. The summed E-state index contributed by atoms with van der Waals surface area (Å²) in [5.41, 5.74) is 1.46. The minimum absolute atomic E-state index is 0.231. The molecule has 0 bridgehead atoms. The van der Waals surface area contributed by atoms with Crippen LogP contribution in [0.4, 0.5) is 4.79 Å². The van der Waals surface area contributed by atoms with Crippen LogP contribution in [-0.2, 0) is 16.0 Å². The lowest BCUT2D eigenvalue weighted by Gasteiger charge is -2.20. The highest BCUT2D eigenvalue weighted by atomic mass is 16.6. The third-order valence-electron chi connectivity index (χ3n) is 3.86. The summed E-state index contributed by atoms with van der Waals surface area (Å²) in [4.78, 5) is 28.7. The van der Waals surface area contributed by atoms with Gasteiger partial charge in [0.05, 0.1) is 16.7 Å². The number of para-hydroxylation sites is 1. The van der Waals surface area contributed by atoms with Gasteiger partial charge in [0.2, 0.25) is 5.88 Å². The van der Waals surface area contributed by atoms with Crippen molar-refractivity contribution in [2.75, 3.05) is 0 Å². The number of rotatable bonds is 2. The zero-order chi connectivity index (χ0) is 19.1. The van der Waals surface area contributed by atoms with Gasteiger partial charge in [-0.2, -0.15) is 0 Å². The van der Waals surface area contributed by atoms with E-state index in [4.69, 9.17) is 9.47 Å². The molecule has 0 spiro atoms. The molecule has 2 heterocycles. The molecule has 0 atom stereocenters. The maximum absolute atomic E-state index is 12.9. The lowest BCUT2D eigenvalue weighted by Crippen LogP contribution is -2.27. The molecule has 2 aromatic heterocycles. The number of aromatic nitrogens is 2. The molecule has 0 radical (unpaired) electrons. The topological polar surface area (TPSA) is 70.4 Å². The average molecular weight is 354 g/mol. The van der Waals surface area contributed by atoms with E-state index in [1.807, 2.05) is 52.0 Å². The van der Waals surface area contributed by atoms with Crippen LogP contribution in [0.15, 0.2) is 30.3 Å². The number of aryl methyl sites for hydroxylation is 1. The Morgan fingerprint density at radius 3 is 2.46 bits per heavy atom. The van der Waals surface area contributed by atoms with Crippen molar-refractivity contribution in [2.45, 2.75) is 46.6 Å². The van der Waals surface area contributed by atoms with Gasteiger partial charge in [-0.25, -0.2) is 14.3 Å². The normalized spacial score (nSPS) is 11.7. The Kier molecular flexibility index (Phi) is 4.44. The highest BCUT2D eigenvalue weighted by molar-refractivity contribution is 6.13. The summed E-state index contributed by atoms with van der Waals surface area (Å²) in [6, 6.07) is 9.26. The number of carbonyl (C=O) groups is 2. The Hall–Kier alpha value is -2.89. The Morgan fingerprint density at radius 2 is 1.85 bits per heavy atom. The summed E-state index contributed by atoms with van der Waals surface area (Å²) in [5, 5.41) is 1.67. The first-order chi connectivity index (χ1) is 12.2. The van der Waals surface area contributed by atoms with Gasteiger partial charge in [-0.05, 0) is 33.3 Å². The maximum Gasteiger partial charge on any atom is 0.419 e. The highest BCUT2D eigenvalue weighted by Gasteiger charge is 2.24. The number of esters is 1. The zero-order valence-electron chi connectivity index (χ0n) is 15.6. The number of hydrogen-bond acceptors (Lipinski definition) is 5. The molecule has 0 N–H and O–H groups in total. The minimum atomic E-state index is -0.619. The van der Waals surface area contributed by atoms with E-state index in [0.29, 0.717) is 17.6 Å². The molecule has 0 aliphatic heterocycles. The van der Waals surface area contributed by atoms with Crippen LogP contribution in [0.5, 0.6) is 5.88 Å². The van der Waals surface area contributed by atoms with Gasteiger partial charge in [0.1, 0.15) is 5.60 Å². The lowest BCUT2D eigenvalue weighted by atomic mass is 10.1. The van der Waals surface area contributed by atoms with Gasteiger partial charge in [0, 0.05) is 23.8 Å². The van der Waals surface area contributed by atoms with Crippen LogP contribution >= 0.6 is 0 Å². The summed E-state index contributed by atoms with van der Waals surface area (Å²) in [5.74, 6) is -0.205. The molecule has 6 heteroatoms. The summed E-state index contributed by atoms with van der Waals surface area (Å²) in [7, 11) is 0. The third-order valence-corrected chi connectivity index (χ3v) is 3.86. The van der Waals surface area contributed by atoms with E-state index in [2.05, 4.69) is 4.98 Å². The molecule has 0 amide bonds. The lowest BCUT2D eigenvalue weighted by molar-refractivity contribution is -0.132. The van der Waals surface area contributed by atoms with Crippen LogP contribution in [-0.4, -0.2) is 27.2 Å². The van der Waals surface area contributed by atoms with Crippen LogP contribution in [0.3, 0.4) is 0 Å². The second-order valence-corrected chi connectivity index (χ2v) is 7.08. The van der Waals surface area contributed by atoms with Gasteiger partial charge in [-0.3, -0.25) is 4.79 Å². The largest absolute Gasteiger partial charge is 0.443 e. The van der Waals surface area contributed by atoms with Crippen LogP contribution in [0.2, 0.25) is 0 Å². The molecule has 1 aromatic carbocycles. The van der Waals surface area contributed by atoms with E-state index in [-0.39, 0.29) is 5.88 Å². The van der Waals surface area contributed by atoms with Crippen molar-refractivity contribution in [1.82, 2.24) is 9.55 Å². The first-order valence-electron chi connectivity index (χ1n) is 8.56. The molecule has 0 saturated carbocycles. The standard InChI is InChI=1S/C20H22N2O4/c1-6-15-18-14(11-17(21-15)25-12(2)23)13-9-7-8-10-16(13)22(18)19(24)26-20(3,4)5/h7-11H,6H2,1-5H3. The monoisotopic (exact) mass is 354 g/mol. The number of pyridine rings is 1. The molecule has 3 rings (SSSR count). The second kappa shape index (κ2) is 6.44. The Bertz CT molecular complexity index is 1010. The molecule has 3 aromatic rings. The van der Waals surface area contributed by atoms with E-state index in [1.165, 1.54) is 6.92 Å². The molecule has 26 heavy (non-hydrogen) atoms. The highest BCUT2D eigenvalue weighted by Crippen LogP contribution is 2.33. The quantitative estimate of drug-likeness (QED) is 0.635. The van der Waals surface area contributed by atoms with Crippen molar-refractivity contribution in [1.29, 1.82) is 0 Å². The first-order valence-corrected chi connectivity index (χ1v) is 8.56. The van der Waals surface area contributed by atoms with Crippen LogP contribution < -0.4 is 4.74 Å². The first kappa shape index (κ1) is 17.9. The van der Waals surface area contributed by atoms with Crippen molar-refractivity contribution in [3.05, 3.63) is 36.0 Å². The summed E-state index contributed by atoms with van der Waals surface area (Å²) < 4.78 is 12.3. The van der Waals surface area contributed by atoms with E-state index in [0.717, 1.165) is 16.3 Å². The number of ether oxygens (including phenoxy) is 2. The van der Waals surface area contributed by atoms with Gasteiger partial charge in [-0.1, -0.05) is 25.1 Å². The third kappa shape index (κ3) is 3.27. The molecular weight excluding hydrogens is 332 g/mol. The molecule has 0 fully saturated rings. The fraction of sp³-hybridized carbons (Fsp3) is 0.350. The Labute approximate surface area is 151 Å². The molecule has 0 aliphatic rings. The number of nitrogens with zero attached hydrogens (tertiary/aromatic N) is 2. The van der Waals surface area contributed by atoms with Gasteiger partial charge < -0.3 is 9.47 Å². The van der Waals surface area contributed by atoms with Crippen molar-refractivity contribution >= 4 is 33.9 Å². The van der Waals surface area contributed by atoms with Gasteiger partial charge in [0.25, 0.3) is 0 Å². The van der Waals surface area contributed by atoms with Crippen molar-refractivity contribution in [3.8, 4) is 5.88 Å². The maximum atomic E-state index is 12.9. The fourth-order valence-electron chi connectivity index (χ4n) is 2.98. The molecule has 0 saturated heterocycles. The fourth-order valence-corrected chi connectivity index (χ4v) is 2.98. The van der Waals surface area contributed by atoms with E-state index in [1.54, 1.807) is 10.6 Å². The number of fused-ring (bicyclic) bond motifs is 3. The van der Waals surface area contributed by atoms with Crippen LogP contribution in [0.1, 0.15) is 40.3 Å². The molecule has 136 valence electrons. The van der Waals surface area contributed by atoms with Crippen molar-refractivity contribution in [3.63, 3.8) is 0 Å². The van der Waals surface area contributed by atoms with Gasteiger partial charge in [0.15, 0.2) is 0 Å². The number of carbonyl (C=O) groups excluding carboxylic acids is 2. The Balaban J connectivity index is 2.35.